The zero-order valence-corrected chi connectivity index (χ0v) is 13.8. The van der Waals surface area contributed by atoms with E-state index in [-0.39, 0.29) is 11.6 Å². The van der Waals surface area contributed by atoms with Gasteiger partial charge in [0.05, 0.1) is 18.2 Å². The monoisotopic (exact) mass is 317 g/mol. The number of thioether (sulfide) groups is 1. The molecule has 3 rings (SSSR count). The van der Waals surface area contributed by atoms with Gasteiger partial charge in [0, 0.05) is 16.8 Å². The van der Waals surface area contributed by atoms with Crippen molar-refractivity contribution in [2.24, 2.45) is 0 Å². The Hall–Kier alpha value is -1.75. The van der Waals surface area contributed by atoms with Crippen molar-refractivity contribution >= 4 is 28.6 Å². The number of aromatic nitrogens is 1. The van der Waals surface area contributed by atoms with Crippen LogP contribution in [0, 0.1) is 6.92 Å². The zero-order valence-electron chi connectivity index (χ0n) is 13.0. The third-order valence-corrected chi connectivity index (χ3v) is 5.19. The van der Waals surface area contributed by atoms with E-state index in [1.807, 2.05) is 43.8 Å². The van der Waals surface area contributed by atoms with E-state index in [0.717, 1.165) is 34.5 Å². The van der Waals surface area contributed by atoms with Gasteiger partial charge in [0.2, 0.25) is 0 Å². The average Bonchev–Trinajstić information content (AvgIpc) is 2.92. The maximum atomic E-state index is 12.7. The second kappa shape index (κ2) is 5.80. The first kappa shape index (κ1) is 15.2. The molecule has 1 aromatic carbocycles. The van der Waals surface area contributed by atoms with Gasteiger partial charge >= 0.3 is 5.97 Å². The summed E-state index contributed by atoms with van der Waals surface area (Å²) in [4.78, 5) is 17.1. The van der Waals surface area contributed by atoms with E-state index in [1.165, 1.54) is 0 Å². The number of methoxy groups -OCH3 is 1. The van der Waals surface area contributed by atoms with Crippen LogP contribution in [-0.2, 0) is 4.74 Å². The maximum absolute atomic E-state index is 12.7. The molecule has 0 N–H and O–H groups in total. The lowest BCUT2D eigenvalue weighted by molar-refractivity contribution is 0.00267. The smallest absolute Gasteiger partial charge is 0.339 e. The Morgan fingerprint density at radius 1 is 1.36 bits per heavy atom. The number of carbonyl (C=O) groups is 1. The summed E-state index contributed by atoms with van der Waals surface area (Å²) < 4.78 is 11.1. The van der Waals surface area contributed by atoms with Crippen molar-refractivity contribution in [2.45, 2.75) is 25.9 Å². The van der Waals surface area contributed by atoms with Gasteiger partial charge in [0.1, 0.15) is 11.4 Å². The van der Waals surface area contributed by atoms with Crippen LogP contribution in [0.4, 0.5) is 0 Å². The molecule has 0 saturated carbocycles. The number of hydrogen-bond donors (Lipinski definition) is 0. The van der Waals surface area contributed by atoms with Gasteiger partial charge in [0.25, 0.3) is 0 Å². The van der Waals surface area contributed by atoms with Crippen LogP contribution >= 0.6 is 11.8 Å². The number of carbonyl (C=O) groups excluding carboxylic acids is 1. The van der Waals surface area contributed by atoms with Gasteiger partial charge in [0.15, 0.2) is 0 Å². The quantitative estimate of drug-likeness (QED) is 0.810. The van der Waals surface area contributed by atoms with E-state index in [9.17, 15) is 4.79 Å². The van der Waals surface area contributed by atoms with Gasteiger partial charge in [-0.1, -0.05) is 0 Å². The number of fused-ring (bicyclic) bond motifs is 1. The third-order valence-electron chi connectivity index (χ3n) is 3.89. The van der Waals surface area contributed by atoms with Crippen molar-refractivity contribution in [3.05, 3.63) is 35.5 Å². The molecular formula is C17H19NO3S. The Morgan fingerprint density at radius 2 is 2.18 bits per heavy atom. The molecule has 0 aliphatic carbocycles. The van der Waals surface area contributed by atoms with Crippen LogP contribution in [-0.4, -0.2) is 35.2 Å². The fourth-order valence-electron chi connectivity index (χ4n) is 2.64. The Balaban J connectivity index is 2.02. The largest absolute Gasteiger partial charge is 0.497 e. The first-order valence-corrected chi connectivity index (χ1v) is 8.43. The van der Waals surface area contributed by atoms with Crippen molar-refractivity contribution in [1.82, 2.24) is 4.98 Å². The summed E-state index contributed by atoms with van der Waals surface area (Å²) in [6.07, 6.45) is 0.898. The minimum absolute atomic E-state index is 0.284. The SMILES string of the molecule is COc1ccc2nc(C)cc(C(=O)O[C@@]3(C)CCSC3)c2c1. The Kier molecular flexibility index (Phi) is 4.00. The molecule has 1 aliphatic rings. The van der Waals surface area contributed by atoms with Crippen molar-refractivity contribution in [2.75, 3.05) is 18.6 Å². The minimum atomic E-state index is -0.371. The molecule has 4 nitrogen and oxygen atoms in total. The average molecular weight is 317 g/mol. The normalized spacial score (nSPS) is 21.0. The number of hydrogen-bond acceptors (Lipinski definition) is 5. The lowest BCUT2D eigenvalue weighted by Gasteiger charge is -2.23. The minimum Gasteiger partial charge on any atom is -0.497 e. The van der Waals surface area contributed by atoms with Crippen LogP contribution in [0.15, 0.2) is 24.3 Å². The maximum Gasteiger partial charge on any atom is 0.339 e. The molecule has 116 valence electrons. The Bertz CT molecular complexity index is 723. The molecule has 0 bridgehead atoms. The van der Waals surface area contributed by atoms with E-state index in [0.29, 0.717) is 11.3 Å². The lowest BCUT2D eigenvalue weighted by Crippen LogP contribution is -2.31. The molecule has 0 unspecified atom stereocenters. The lowest BCUT2D eigenvalue weighted by atomic mass is 10.0. The number of pyridine rings is 1. The Labute approximate surface area is 134 Å². The van der Waals surface area contributed by atoms with E-state index in [2.05, 4.69) is 4.98 Å². The predicted molar refractivity (Wildman–Crippen MR) is 88.8 cm³/mol. The highest BCUT2D eigenvalue weighted by atomic mass is 32.2. The van der Waals surface area contributed by atoms with Crippen LogP contribution in [0.1, 0.15) is 29.4 Å². The molecule has 2 heterocycles. The van der Waals surface area contributed by atoms with E-state index >= 15 is 0 Å². The van der Waals surface area contributed by atoms with Crippen LogP contribution in [0.25, 0.3) is 10.9 Å². The molecule has 2 aromatic rings. The van der Waals surface area contributed by atoms with Gasteiger partial charge in [-0.2, -0.15) is 11.8 Å². The first-order valence-electron chi connectivity index (χ1n) is 7.27. The number of benzene rings is 1. The predicted octanol–water partition coefficient (Wildman–Crippen LogP) is 3.60. The first-order chi connectivity index (χ1) is 10.5. The van der Waals surface area contributed by atoms with Crippen molar-refractivity contribution in [1.29, 1.82) is 0 Å². The second-order valence-corrected chi connectivity index (χ2v) is 6.94. The van der Waals surface area contributed by atoms with Gasteiger partial charge in [-0.15, -0.1) is 0 Å². The summed E-state index contributed by atoms with van der Waals surface area (Å²) in [5, 5.41) is 0.768. The summed E-state index contributed by atoms with van der Waals surface area (Å²) >= 11 is 1.82. The van der Waals surface area contributed by atoms with Gasteiger partial charge in [-0.05, 0) is 50.3 Å². The van der Waals surface area contributed by atoms with E-state index < -0.39 is 0 Å². The van der Waals surface area contributed by atoms with Crippen LogP contribution in [0.3, 0.4) is 0 Å². The van der Waals surface area contributed by atoms with Gasteiger partial charge in [-0.3, -0.25) is 4.98 Å². The van der Waals surface area contributed by atoms with Crippen molar-refractivity contribution < 1.29 is 14.3 Å². The highest BCUT2D eigenvalue weighted by Crippen LogP contribution is 2.33. The summed E-state index contributed by atoms with van der Waals surface area (Å²) in [6, 6.07) is 7.34. The number of rotatable bonds is 3. The van der Waals surface area contributed by atoms with Crippen molar-refractivity contribution in [3.8, 4) is 5.75 Å². The summed E-state index contributed by atoms with van der Waals surface area (Å²) in [5.74, 6) is 2.31. The molecule has 1 aromatic heterocycles. The molecule has 1 fully saturated rings. The standard InChI is InChI=1S/C17H19NO3S/c1-11-8-14(16(19)21-17(2)6-7-22-10-17)13-9-12(20-3)4-5-15(13)18-11/h4-5,8-9H,6-7,10H2,1-3H3/t17-/m0/s1. The topological polar surface area (TPSA) is 48.4 Å². The number of esters is 1. The Morgan fingerprint density at radius 3 is 2.86 bits per heavy atom. The summed E-state index contributed by atoms with van der Waals surface area (Å²) in [5.41, 5.74) is 1.76. The van der Waals surface area contributed by atoms with Gasteiger partial charge in [-0.25, -0.2) is 4.79 Å². The van der Waals surface area contributed by atoms with Gasteiger partial charge < -0.3 is 9.47 Å². The second-order valence-electron chi connectivity index (χ2n) is 5.84. The highest BCUT2D eigenvalue weighted by molar-refractivity contribution is 7.99. The third kappa shape index (κ3) is 2.90. The molecule has 1 aliphatic heterocycles. The number of aryl methyl sites for hydroxylation is 1. The molecule has 5 heteroatoms. The highest BCUT2D eigenvalue weighted by Gasteiger charge is 2.34. The zero-order chi connectivity index (χ0) is 15.7. The summed E-state index contributed by atoms with van der Waals surface area (Å²) in [7, 11) is 1.61. The summed E-state index contributed by atoms with van der Waals surface area (Å²) in [6.45, 7) is 3.88. The van der Waals surface area contributed by atoms with E-state index in [4.69, 9.17) is 9.47 Å². The van der Waals surface area contributed by atoms with Crippen LogP contribution in [0.2, 0.25) is 0 Å². The molecular weight excluding hydrogens is 298 g/mol. The molecule has 0 amide bonds. The molecule has 22 heavy (non-hydrogen) atoms. The van der Waals surface area contributed by atoms with E-state index in [1.54, 1.807) is 13.2 Å². The molecule has 1 atom stereocenters. The number of nitrogens with zero attached hydrogens (tertiary/aromatic N) is 1. The van der Waals surface area contributed by atoms with Crippen molar-refractivity contribution in [3.63, 3.8) is 0 Å². The van der Waals surface area contributed by atoms with Crippen LogP contribution < -0.4 is 4.74 Å². The fourth-order valence-corrected chi connectivity index (χ4v) is 4.00. The molecule has 0 spiro atoms. The molecule has 1 saturated heterocycles. The molecule has 0 radical (unpaired) electrons. The van der Waals surface area contributed by atoms with Crippen LogP contribution in [0.5, 0.6) is 5.75 Å². The number of ether oxygens (including phenoxy) is 2. The fraction of sp³-hybridized carbons (Fsp3) is 0.412.